The molecule has 0 aromatic carbocycles. The van der Waals surface area contributed by atoms with Crippen LogP contribution in [0.5, 0.6) is 0 Å². The molecule has 8 nitrogen and oxygen atoms in total. The highest BCUT2D eigenvalue weighted by atomic mass is 16.6. The van der Waals surface area contributed by atoms with Gasteiger partial charge in [0.2, 0.25) is 5.82 Å². The standard InChI is InChI=1S/C7H6N6O2/c8-7-5(13(14)15)1-2-6(10-7)12-4-3-9-11-12/h1-4H,(H2,8,10). The lowest BCUT2D eigenvalue weighted by atomic mass is 10.4. The van der Waals surface area contributed by atoms with Gasteiger partial charge in [-0.3, -0.25) is 10.1 Å². The van der Waals surface area contributed by atoms with E-state index in [-0.39, 0.29) is 11.5 Å². The minimum Gasteiger partial charge on any atom is -0.378 e. The minimum absolute atomic E-state index is 0.145. The van der Waals surface area contributed by atoms with E-state index in [1.807, 2.05) is 0 Å². The Balaban J connectivity index is 2.47. The number of pyridine rings is 1. The molecule has 0 saturated carbocycles. The molecule has 0 aliphatic carbocycles. The average molecular weight is 206 g/mol. The van der Waals surface area contributed by atoms with Crippen molar-refractivity contribution in [1.82, 2.24) is 20.0 Å². The maximum atomic E-state index is 10.5. The molecule has 0 aliphatic heterocycles. The van der Waals surface area contributed by atoms with Crippen LogP contribution in [0.15, 0.2) is 24.5 Å². The van der Waals surface area contributed by atoms with Gasteiger partial charge in [0.1, 0.15) is 0 Å². The first-order valence-electron chi connectivity index (χ1n) is 3.96. The Kier molecular flexibility index (Phi) is 2.01. The SMILES string of the molecule is Nc1nc(-n2ccnn2)ccc1[N+](=O)[O-]. The van der Waals surface area contributed by atoms with E-state index in [1.54, 1.807) is 6.20 Å². The molecule has 2 N–H and O–H groups in total. The highest BCUT2D eigenvalue weighted by molar-refractivity contribution is 5.54. The second-order valence-corrected chi connectivity index (χ2v) is 2.68. The fourth-order valence-electron chi connectivity index (χ4n) is 1.07. The molecular weight excluding hydrogens is 200 g/mol. The summed E-state index contributed by atoms with van der Waals surface area (Å²) in [6.45, 7) is 0. The van der Waals surface area contributed by atoms with E-state index in [0.29, 0.717) is 5.82 Å². The minimum atomic E-state index is -0.590. The molecule has 15 heavy (non-hydrogen) atoms. The van der Waals surface area contributed by atoms with Gasteiger partial charge in [0.25, 0.3) is 0 Å². The van der Waals surface area contributed by atoms with Gasteiger partial charge in [-0.15, -0.1) is 5.10 Å². The van der Waals surface area contributed by atoms with Crippen LogP contribution in [-0.2, 0) is 0 Å². The first-order valence-corrected chi connectivity index (χ1v) is 3.96. The van der Waals surface area contributed by atoms with E-state index < -0.39 is 4.92 Å². The highest BCUT2D eigenvalue weighted by Gasteiger charge is 2.13. The number of hydrogen-bond donors (Lipinski definition) is 1. The zero-order valence-electron chi connectivity index (χ0n) is 7.44. The normalized spacial score (nSPS) is 10.1. The summed E-state index contributed by atoms with van der Waals surface area (Å²) in [5, 5.41) is 17.7. The second-order valence-electron chi connectivity index (χ2n) is 2.68. The van der Waals surface area contributed by atoms with Gasteiger partial charge in [-0.1, -0.05) is 5.21 Å². The smallest absolute Gasteiger partial charge is 0.311 e. The van der Waals surface area contributed by atoms with Crippen LogP contribution in [0.2, 0.25) is 0 Å². The lowest BCUT2D eigenvalue weighted by Gasteiger charge is -2.00. The van der Waals surface area contributed by atoms with Crippen molar-refractivity contribution in [2.24, 2.45) is 0 Å². The lowest BCUT2D eigenvalue weighted by molar-refractivity contribution is -0.384. The van der Waals surface area contributed by atoms with Crippen LogP contribution in [0.25, 0.3) is 5.82 Å². The first kappa shape index (κ1) is 9.06. The Hall–Kier alpha value is -2.51. The first-order chi connectivity index (χ1) is 7.18. The predicted octanol–water partition coefficient (Wildman–Crippen LogP) is 0.153. The van der Waals surface area contributed by atoms with E-state index in [0.717, 1.165) is 0 Å². The van der Waals surface area contributed by atoms with Gasteiger partial charge in [0.05, 0.1) is 17.3 Å². The van der Waals surface area contributed by atoms with Crippen LogP contribution >= 0.6 is 0 Å². The maximum absolute atomic E-state index is 10.5. The number of nitro groups is 1. The number of nitrogens with zero attached hydrogens (tertiary/aromatic N) is 5. The number of hydrogen-bond acceptors (Lipinski definition) is 6. The summed E-state index contributed by atoms with van der Waals surface area (Å²) >= 11 is 0. The zero-order chi connectivity index (χ0) is 10.8. The fourth-order valence-corrected chi connectivity index (χ4v) is 1.07. The van der Waals surface area contributed by atoms with E-state index in [2.05, 4.69) is 15.3 Å². The third-order valence-corrected chi connectivity index (χ3v) is 1.74. The lowest BCUT2D eigenvalue weighted by Crippen LogP contribution is -2.04. The molecule has 2 rings (SSSR count). The quantitative estimate of drug-likeness (QED) is 0.552. The predicted molar refractivity (Wildman–Crippen MR) is 50.2 cm³/mol. The van der Waals surface area contributed by atoms with Gasteiger partial charge < -0.3 is 5.73 Å². The summed E-state index contributed by atoms with van der Waals surface area (Å²) in [6.07, 6.45) is 3.03. The van der Waals surface area contributed by atoms with Gasteiger partial charge in [-0.05, 0) is 6.07 Å². The summed E-state index contributed by atoms with van der Waals surface area (Å²) < 4.78 is 1.36. The largest absolute Gasteiger partial charge is 0.378 e. The maximum Gasteiger partial charge on any atom is 0.311 e. The molecule has 0 amide bonds. The summed E-state index contributed by atoms with van der Waals surface area (Å²) in [6, 6.07) is 2.72. The zero-order valence-corrected chi connectivity index (χ0v) is 7.44. The summed E-state index contributed by atoms with van der Waals surface area (Å²) in [5.74, 6) is 0.239. The van der Waals surface area contributed by atoms with Crippen molar-refractivity contribution in [3.8, 4) is 5.82 Å². The molecule has 0 fully saturated rings. The molecule has 2 aromatic heterocycles. The fraction of sp³-hybridized carbons (Fsp3) is 0. The molecule has 2 heterocycles. The number of nitrogen functional groups attached to an aromatic ring is 1. The monoisotopic (exact) mass is 206 g/mol. The summed E-state index contributed by atoms with van der Waals surface area (Å²) in [4.78, 5) is 13.7. The highest BCUT2D eigenvalue weighted by Crippen LogP contribution is 2.19. The van der Waals surface area contributed by atoms with Gasteiger partial charge in [-0.25, -0.2) is 9.67 Å². The Morgan fingerprint density at radius 1 is 1.47 bits per heavy atom. The van der Waals surface area contributed by atoms with Crippen LogP contribution in [0, 0.1) is 10.1 Å². The van der Waals surface area contributed by atoms with Gasteiger partial charge in [-0.2, -0.15) is 0 Å². The van der Waals surface area contributed by atoms with E-state index in [1.165, 1.54) is 23.0 Å². The van der Waals surface area contributed by atoms with Crippen molar-refractivity contribution in [3.63, 3.8) is 0 Å². The molecule has 76 valence electrons. The molecule has 0 atom stereocenters. The summed E-state index contributed by atoms with van der Waals surface area (Å²) in [5.41, 5.74) is 5.19. The molecule has 0 aliphatic rings. The third-order valence-electron chi connectivity index (χ3n) is 1.74. The molecular formula is C7H6N6O2. The van der Waals surface area contributed by atoms with Crippen molar-refractivity contribution >= 4 is 11.5 Å². The topological polar surface area (TPSA) is 113 Å². The molecule has 2 aromatic rings. The van der Waals surface area contributed by atoms with E-state index in [9.17, 15) is 10.1 Å². The third kappa shape index (κ3) is 1.59. The van der Waals surface area contributed by atoms with Crippen molar-refractivity contribution in [3.05, 3.63) is 34.6 Å². The van der Waals surface area contributed by atoms with Crippen LogP contribution in [0.3, 0.4) is 0 Å². The molecule has 0 spiro atoms. The number of nitrogens with two attached hydrogens (primary N) is 1. The Bertz CT molecular complexity index is 494. The molecule has 8 heteroatoms. The Morgan fingerprint density at radius 2 is 2.27 bits per heavy atom. The molecule has 0 bridgehead atoms. The Labute approximate surface area is 83.5 Å². The second kappa shape index (κ2) is 3.33. The van der Waals surface area contributed by atoms with Crippen LogP contribution in [0.4, 0.5) is 11.5 Å². The van der Waals surface area contributed by atoms with Crippen molar-refractivity contribution in [2.45, 2.75) is 0 Å². The van der Waals surface area contributed by atoms with Crippen molar-refractivity contribution in [1.29, 1.82) is 0 Å². The molecule has 0 radical (unpaired) electrons. The van der Waals surface area contributed by atoms with Gasteiger partial charge in [0, 0.05) is 6.07 Å². The molecule has 0 unspecified atom stereocenters. The van der Waals surface area contributed by atoms with Crippen LogP contribution < -0.4 is 5.73 Å². The van der Waals surface area contributed by atoms with Gasteiger partial charge >= 0.3 is 5.69 Å². The average Bonchev–Trinajstić information content (AvgIpc) is 2.69. The van der Waals surface area contributed by atoms with E-state index >= 15 is 0 Å². The molecule has 0 saturated heterocycles. The van der Waals surface area contributed by atoms with Gasteiger partial charge in [0.15, 0.2) is 5.82 Å². The van der Waals surface area contributed by atoms with Crippen molar-refractivity contribution in [2.75, 3.05) is 5.73 Å². The van der Waals surface area contributed by atoms with Crippen LogP contribution in [0.1, 0.15) is 0 Å². The number of rotatable bonds is 2. The number of aromatic nitrogens is 4. The van der Waals surface area contributed by atoms with Crippen LogP contribution in [-0.4, -0.2) is 24.9 Å². The Morgan fingerprint density at radius 3 is 2.80 bits per heavy atom. The van der Waals surface area contributed by atoms with Crippen molar-refractivity contribution < 1.29 is 4.92 Å². The number of anilines is 1. The van der Waals surface area contributed by atoms with E-state index in [4.69, 9.17) is 5.73 Å². The summed E-state index contributed by atoms with van der Waals surface area (Å²) in [7, 11) is 0.